The summed E-state index contributed by atoms with van der Waals surface area (Å²) >= 11 is 1.36. The Bertz CT molecular complexity index is 407. The first-order valence-corrected chi connectivity index (χ1v) is 6.17. The van der Waals surface area contributed by atoms with Crippen LogP contribution in [0.3, 0.4) is 0 Å². The first-order chi connectivity index (χ1) is 8.24. The molecule has 0 aromatic carbocycles. The van der Waals surface area contributed by atoms with E-state index >= 15 is 0 Å². The largest absolute Gasteiger partial charge is 0.377 e. The summed E-state index contributed by atoms with van der Waals surface area (Å²) in [6.07, 6.45) is 0. The molecule has 1 N–H and O–H groups in total. The number of carbonyl (C=O) groups is 2. The van der Waals surface area contributed by atoms with Gasteiger partial charge in [-0.15, -0.1) is 11.3 Å². The van der Waals surface area contributed by atoms with Gasteiger partial charge in [0.25, 0.3) is 5.91 Å². The van der Waals surface area contributed by atoms with Crippen LogP contribution < -0.4 is 5.32 Å². The minimum absolute atomic E-state index is 0.215. The topological polar surface area (TPSA) is 71.5 Å². The van der Waals surface area contributed by atoms with Gasteiger partial charge in [-0.3, -0.25) is 9.59 Å². The smallest absolute Gasteiger partial charge is 0.274 e. The van der Waals surface area contributed by atoms with Gasteiger partial charge in [0.05, 0.1) is 18.7 Å². The van der Waals surface area contributed by atoms with Gasteiger partial charge in [0.2, 0.25) is 5.91 Å². The minimum Gasteiger partial charge on any atom is -0.377 e. The van der Waals surface area contributed by atoms with Crippen molar-refractivity contribution in [1.29, 1.82) is 0 Å². The lowest BCUT2D eigenvalue weighted by atomic mass is 10.2. The first-order valence-electron chi connectivity index (χ1n) is 5.22. The van der Waals surface area contributed by atoms with E-state index in [9.17, 15) is 9.59 Å². The third-order valence-electron chi connectivity index (χ3n) is 2.59. The number of carbonyl (C=O) groups excluding carboxylic acids is 2. The molecule has 2 rings (SSSR count). The van der Waals surface area contributed by atoms with E-state index in [-0.39, 0.29) is 18.4 Å². The van der Waals surface area contributed by atoms with Crippen LogP contribution in [0.1, 0.15) is 10.5 Å². The fraction of sp³-hybridized carbons (Fsp3) is 0.500. The molecule has 0 spiro atoms. The van der Waals surface area contributed by atoms with E-state index in [0.717, 1.165) is 0 Å². The average Bonchev–Trinajstić information content (AvgIpc) is 2.91. The van der Waals surface area contributed by atoms with Crippen molar-refractivity contribution in [3.63, 3.8) is 0 Å². The van der Waals surface area contributed by atoms with Crippen molar-refractivity contribution < 1.29 is 14.3 Å². The molecule has 1 aromatic rings. The van der Waals surface area contributed by atoms with Crippen LogP contribution in [0, 0.1) is 0 Å². The maximum absolute atomic E-state index is 12.1. The number of rotatable bonds is 2. The molecule has 1 aromatic heterocycles. The molecule has 0 saturated carbocycles. The molecule has 1 fully saturated rings. The van der Waals surface area contributed by atoms with E-state index in [1.807, 2.05) is 0 Å². The number of morpholine rings is 1. The zero-order valence-electron chi connectivity index (χ0n) is 9.38. The molecule has 1 atom stereocenters. The highest BCUT2D eigenvalue weighted by Gasteiger charge is 2.33. The van der Waals surface area contributed by atoms with Crippen molar-refractivity contribution >= 4 is 23.2 Å². The Labute approximate surface area is 103 Å². The predicted octanol–water partition coefficient (Wildman–Crippen LogP) is -0.270. The molecule has 2 amide bonds. The predicted molar refractivity (Wildman–Crippen MR) is 61.8 cm³/mol. The minimum atomic E-state index is -0.567. The first kappa shape index (κ1) is 12.0. The monoisotopic (exact) mass is 255 g/mol. The number of thiazole rings is 1. The zero-order chi connectivity index (χ0) is 12.3. The summed E-state index contributed by atoms with van der Waals surface area (Å²) in [5, 5.41) is 4.21. The lowest BCUT2D eigenvalue weighted by Gasteiger charge is -2.33. The Morgan fingerprint density at radius 3 is 3.12 bits per heavy atom. The molecule has 2 heterocycles. The molecule has 1 unspecified atom stereocenters. The Morgan fingerprint density at radius 2 is 2.47 bits per heavy atom. The lowest BCUT2D eigenvalue weighted by molar-refractivity contribution is -0.130. The zero-order valence-corrected chi connectivity index (χ0v) is 10.2. The van der Waals surface area contributed by atoms with Gasteiger partial charge in [-0.05, 0) is 0 Å². The average molecular weight is 255 g/mol. The lowest BCUT2D eigenvalue weighted by Crippen LogP contribution is -2.55. The van der Waals surface area contributed by atoms with Gasteiger partial charge in [0.15, 0.2) is 0 Å². The molecule has 0 bridgehead atoms. The number of hydrogen-bond donors (Lipinski definition) is 1. The number of hydrogen-bond acceptors (Lipinski definition) is 5. The Balaban J connectivity index is 2.16. The summed E-state index contributed by atoms with van der Waals surface area (Å²) in [6.45, 7) is 1.09. The van der Waals surface area contributed by atoms with Gasteiger partial charge >= 0.3 is 0 Å². The Morgan fingerprint density at radius 1 is 1.65 bits per heavy atom. The Kier molecular flexibility index (Phi) is 3.70. The van der Waals surface area contributed by atoms with E-state index in [1.165, 1.54) is 16.2 Å². The SMILES string of the molecule is CNC(=O)C1COCCN1C(=O)c1cscn1. The highest BCUT2D eigenvalue weighted by atomic mass is 32.1. The van der Waals surface area contributed by atoms with Crippen molar-refractivity contribution in [2.75, 3.05) is 26.8 Å². The molecular weight excluding hydrogens is 242 g/mol. The van der Waals surface area contributed by atoms with Crippen molar-refractivity contribution in [2.24, 2.45) is 0 Å². The molecule has 0 radical (unpaired) electrons. The molecule has 6 nitrogen and oxygen atoms in total. The molecule has 17 heavy (non-hydrogen) atoms. The van der Waals surface area contributed by atoms with Crippen LogP contribution in [0.2, 0.25) is 0 Å². The maximum atomic E-state index is 12.1. The second-order valence-electron chi connectivity index (χ2n) is 3.58. The molecule has 0 aliphatic carbocycles. The van der Waals surface area contributed by atoms with Gasteiger partial charge < -0.3 is 15.0 Å². The highest BCUT2D eigenvalue weighted by Crippen LogP contribution is 2.13. The molecular formula is C10H13N3O3S. The number of amides is 2. The summed E-state index contributed by atoms with van der Waals surface area (Å²) in [4.78, 5) is 29.3. The molecule has 1 saturated heterocycles. The second kappa shape index (κ2) is 5.24. The van der Waals surface area contributed by atoms with Crippen molar-refractivity contribution in [3.8, 4) is 0 Å². The molecule has 7 heteroatoms. The third-order valence-corrected chi connectivity index (χ3v) is 3.18. The van der Waals surface area contributed by atoms with Gasteiger partial charge in [-0.25, -0.2) is 4.98 Å². The van der Waals surface area contributed by atoms with Gasteiger partial charge in [0, 0.05) is 19.0 Å². The third kappa shape index (κ3) is 2.45. The van der Waals surface area contributed by atoms with Crippen molar-refractivity contribution in [1.82, 2.24) is 15.2 Å². The van der Waals surface area contributed by atoms with Crippen LogP contribution in [0.4, 0.5) is 0 Å². The van der Waals surface area contributed by atoms with Gasteiger partial charge in [-0.1, -0.05) is 0 Å². The van der Waals surface area contributed by atoms with Crippen LogP contribution in [-0.4, -0.2) is 54.5 Å². The highest BCUT2D eigenvalue weighted by molar-refractivity contribution is 7.07. The normalized spacial score (nSPS) is 20.1. The fourth-order valence-electron chi connectivity index (χ4n) is 1.70. The van der Waals surface area contributed by atoms with E-state index < -0.39 is 6.04 Å². The second-order valence-corrected chi connectivity index (χ2v) is 4.30. The summed E-state index contributed by atoms with van der Waals surface area (Å²) in [7, 11) is 1.54. The summed E-state index contributed by atoms with van der Waals surface area (Å²) in [6, 6.07) is -0.567. The fourth-order valence-corrected chi connectivity index (χ4v) is 2.22. The molecule has 92 valence electrons. The Hall–Kier alpha value is -1.47. The maximum Gasteiger partial charge on any atom is 0.274 e. The number of aromatic nitrogens is 1. The van der Waals surface area contributed by atoms with Crippen LogP contribution in [0.5, 0.6) is 0 Å². The van der Waals surface area contributed by atoms with E-state index in [0.29, 0.717) is 18.8 Å². The summed E-state index contributed by atoms with van der Waals surface area (Å²) in [5.41, 5.74) is 1.98. The van der Waals surface area contributed by atoms with Crippen LogP contribution in [-0.2, 0) is 9.53 Å². The number of ether oxygens (including phenoxy) is 1. The van der Waals surface area contributed by atoms with Crippen LogP contribution in [0.15, 0.2) is 10.9 Å². The summed E-state index contributed by atoms with van der Waals surface area (Å²) < 4.78 is 5.23. The number of likely N-dealkylation sites (N-methyl/N-ethyl adjacent to an activating group) is 1. The summed E-state index contributed by atoms with van der Waals surface area (Å²) in [5.74, 6) is -0.434. The standard InChI is InChI=1S/C10H13N3O3S/c1-11-9(14)8-4-16-3-2-13(8)10(15)7-5-17-6-12-7/h5-6,8H,2-4H2,1H3,(H,11,14). The van der Waals surface area contributed by atoms with E-state index in [4.69, 9.17) is 4.74 Å². The van der Waals surface area contributed by atoms with E-state index in [1.54, 1.807) is 17.9 Å². The van der Waals surface area contributed by atoms with Gasteiger partial charge in [0.1, 0.15) is 11.7 Å². The number of nitrogens with zero attached hydrogens (tertiary/aromatic N) is 2. The van der Waals surface area contributed by atoms with Crippen LogP contribution in [0.25, 0.3) is 0 Å². The quantitative estimate of drug-likeness (QED) is 0.789. The number of nitrogens with one attached hydrogen (secondary N) is 1. The molecule has 1 aliphatic rings. The van der Waals surface area contributed by atoms with Crippen molar-refractivity contribution in [2.45, 2.75) is 6.04 Å². The van der Waals surface area contributed by atoms with Crippen LogP contribution >= 0.6 is 11.3 Å². The van der Waals surface area contributed by atoms with E-state index in [2.05, 4.69) is 10.3 Å². The van der Waals surface area contributed by atoms with Gasteiger partial charge in [-0.2, -0.15) is 0 Å². The van der Waals surface area contributed by atoms with Crippen molar-refractivity contribution in [3.05, 3.63) is 16.6 Å². The molecule has 1 aliphatic heterocycles.